The van der Waals surface area contributed by atoms with Gasteiger partial charge < -0.3 is 14.8 Å². The first-order valence-corrected chi connectivity index (χ1v) is 11.7. The largest absolute Gasteiger partial charge is 0.496 e. The van der Waals surface area contributed by atoms with E-state index in [2.05, 4.69) is 5.32 Å². The van der Waals surface area contributed by atoms with Crippen molar-refractivity contribution in [2.45, 2.75) is 19.5 Å². The molecule has 190 valence electrons. The molecule has 1 amide bonds. The first-order valence-electron chi connectivity index (χ1n) is 11.7. The van der Waals surface area contributed by atoms with Crippen LogP contribution in [0, 0.1) is 6.92 Å². The molecule has 0 fully saturated rings. The van der Waals surface area contributed by atoms with Crippen LogP contribution in [-0.4, -0.2) is 19.6 Å². The fourth-order valence-corrected chi connectivity index (χ4v) is 4.09. The van der Waals surface area contributed by atoms with Crippen molar-refractivity contribution >= 4 is 11.6 Å². The molecule has 4 aromatic rings. The number of methoxy groups -OCH3 is 1. The Morgan fingerprint density at radius 3 is 2.24 bits per heavy atom. The molecular weight excluding hydrogens is 479 g/mol. The van der Waals surface area contributed by atoms with Crippen LogP contribution in [0.15, 0.2) is 91.0 Å². The van der Waals surface area contributed by atoms with Gasteiger partial charge in [0.1, 0.15) is 11.5 Å². The Morgan fingerprint density at radius 2 is 1.57 bits per heavy atom. The van der Waals surface area contributed by atoms with E-state index in [1.807, 2.05) is 37.3 Å². The minimum absolute atomic E-state index is 0.358. The van der Waals surface area contributed by atoms with Crippen LogP contribution < -0.4 is 14.8 Å². The topological polar surface area (TPSA) is 47.6 Å². The zero-order chi connectivity index (χ0) is 26.4. The SMILES string of the molecule is COc1ccccc1CCOc1ccc(NC(=O)c2cccc(C)c2-c2ccc(C(F)(F)F)cc2)cc1. The first kappa shape index (κ1) is 25.8. The van der Waals surface area contributed by atoms with Gasteiger partial charge >= 0.3 is 6.18 Å². The number of halogens is 3. The molecule has 4 rings (SSSR count). The summed E-state index contributed by atoms with van der Waals surface area (Å²) < 4.78 is 50.1. The van der Waals surface area contributed by atoms with Crippen LogP contribution >= 0.6 is 0 Å². The number of ether oxygens (including phenoxy) is 2. The second-order valence-corrected chi connectivity index (χ2v) is 8.46. The van der Waals surface area contributed by atoms with Gasteiger partial charge in [-0.3, -0.25) is 4.79 Å². The third kappa shape index (κ3) is 6.30. The van der Waals surface area contributed by atoms with E-state index < -0.39 is 11.7 Å². The molecular formula is C30H26F3NO3. The van der Waals surface area contributed by atoms with Gasteiger partial charge in [-0.05, 0) is 77.7 Å². The van der Waals surface area contributed by atoms with Crippen molar-refractivity contribution in [3.63, 3.8) is 0 Å². The summed E-state index contributed by atoms with van der Waals surface area (Å²) in [5.41, 5.74) is 3.17. The number of nitrogens with one attached hydrogen (secondary N) is 1. The highest BCUT2D eigenvalue weighted by atomic mass is 19.4. The quantitative estimate of drug-likeness (QED) is 0.269. The summed E-state index contributed by atoms with van der Waals surface area (Å²) in [5.74, 6) is 1.12. The van der Waals surface area contributed by atoms with Gasteiger partial charge in [0.2, 0.25) is 0 Å². The highest BCUT2D eigenvalue weighted by Crippen LogP contribution is 2.33. The predicted octanol–water partition coefficient (Wildman–Crippen LogP) is 7.56. The zero-order valence-electron chi connectivity index (χ0n) is 20.4. The number of hydrogen-bond acceptors (Lipinski definition) is 3. The molecule has 7 heteroatoms. The van der Waals surface area contributed by atoms with Gasteiger partial charge in [0.25, 0.3) is 5.91 Å². The lowest BCUT2D eigenvalue weighted by molar-refractivity contribution is -0.137. The second-order valence-electron chi connectivity index (χ2n) is 8.46. The molecule has 0 radical (unpaired) electrons. The van der Waals surface area contributed by atoms with Crippen LogP contribution in [0.1, 0.15) is 27.0 Å². The van der Waals surface area contributed by atoms with E-state index >= 15 is 0 Å². The first-order chi connectivity index (χ1) is 17.8. The van der Waals surface area contributed by atoms with E-state index in [4.69, 9.17) is 9.47 Å². The standard InChI is InChI=1S/C30H26F3NO3/c1-20-6-5-8-26(28(20)22-10-12-23(13-11-22)30(31,32)33)29(35)34-24-14-16-25(17-15-24)37-19-18-21-7-3-4-9-27(21)36-2/h3-17H,18-19H2,1-2H3,(H,34,35). The number of carbonyl (C=O) groups is 1. The maximum atomic E-state index is 13.1. The molecule has 0 aliphatic carbocycles. The van der Waals surface area contributed by atoms with Crippen LogP contribution in [0.3, 0.4) is 0 Å². The van der Waals surface area contributed by atoms with Crippen LogP contribution in [0.4, 0.5) is 18.9 Å². The van der Waals surface area contributed by atoms with Gasteiger partial charge in [-0.15, -0.1) is 0 Å². The maximum Gasteiger partial charge on any atom is 0.416 e. The van der Waals surface area contributed by atoms with Crippen LogP contribution in [-0.2, 0) is 12.6 Å². The summed E-state index contributed by atoms with van der Waals surface area (Å²) in [6.45, 7) is 2.28. The Morgan fingerprint density at radius 1 is 0.865 bits per heavy atom. The van der Waals surface area contributed by atoms with Crippen LogP contribution in [0.5, 0.6) is 11.5 Å². The van der Waals surface area contributed by atoms with Crippen molar-refractivity contribution in [2.24, 2.45) is 0 Å². The maximum absolute atomic E-state index is 13.1. The van der Waals surface area contributed by atoms with Gasteiger partial charge in [-0.1, -0.05) is 42.5 Å². The van der Waals surface area contributed by atoms with E-state index in [1.54, 1.807) is 43.5 Å². The van der Waals surface area contributed by atoms with Crippen molar-refractivity contribution in [3.05, 3.63) is 113 Å². The van der Waals surface area contributed by atoms with E-state index in [1.165, 1.54) is 12.1 Å². The molecule has 1 N–H and O–H groups in total. The molecule has 0 bridgehead atoms. The molecule has 0 heterocycles. The van der Waals surface area contributed by atoms with Crippen molar-refractivity contribution in [2.75, 3.05) is 19.0 Å². The summed E-state index contributed by atoms with van der Waals surface area (Å²) in [4.78, 5) is 13.1. The third-order valence-corrected chi connectivity index (χ3v) is 5.96. The molecule has 0 unspecified atom stereocenters. The Balaban J connectivity index is 1.43. The van der Waals surface area contributed by atoms with Gasteiger partial charge in [-0.25, -0.2) is 0 Å². The van der Waals surface area contributed by atoms with E-state index in [0.29, 0.717) is 41.2 Å². The van der Waals surface area contributed by atoms with Gasteiger partial charge in [0.05, 0.1) is 19.3 Å². The number of rotatable bonds is 8. The number of anilines is 1. The second kappa shape index (κ2) is 11.2. The number of carbonyl (C=O) groups excluding carboxylic acids is 1. The Labute approximate surface area is 213 Å². The van der Waals surface area contributed by atoms with Crippen molar-refractivity contribution in [3.8, 4) is 22.6 Å². The molecule has 37 heavy (non-hydrogen) atoms. The highest BCUT2D eigenvalue weighted by Gasteiger charge is 2.30. The van der Waals surface area contributed by atoms with Crippen LogP contribution in [0.2, 0.25) is 0 Å². The molecule has 0 atom stereocenters. The molecule has 0 aliphatic heterocycles. The lowest BCUT2D eigenvalue weighted by Crippen LogP contribution is -2.14. The van der Waals surface area contributed by atoms with Gasteiger partial charge in [-0.2, -0.15) is 13.2 Å². The summed E-state index contributed by atoms with van der Waals surface area (Å²) in [5, 5.41) is 2.86. The molecule has 4 aromatic carbocycles. The monoisotopic (exact) mass is 505 g/mol. The van der Waals surface area contributed by atoms with Crippen molar-refractivity contribution in [1.29, 1.82) is 0 Å². The Kier molecular flexibility index (Phi) is 7.82. The predicted molar refractivity (Wildman–Crippen MR) is 138 cm³/mol. The highest BCUT2D eigenvalue weighted by molar-refractivity contribution is 6.09. The number of aryl methyl sites for hydroxylation is 1. The van der Waals surface area contributed by atoms with E-state index in [-0.39, 0.29) is 5.91 Å². The fourth-order valence-electron chi connectivity index (χ4n) is 4.09. The van der Waals surface area contributed by atoms with E-state index in [0.717, 1.165) is 29.0 Å². The summed E-state index contributed by atoms with van der Waals surface area (Å²) in [6.07, 6.45) is -3.74. The summed E-state index contributed by atoms with van der Waals surface area (Å²) in [6, 6.07) is 24.8. The number of hydrogen-bond donors (Lipinski definition) is 1. The number of amides is 1. The number of benzene rings is 4. The number of para-hydroxylation sites is 1. The molecule has 0 aromatic heterocycles. The van der Waals surface area contributed by atoms with E-state index in [9.17, 15) is 18.0 Å². The average molecular weight is 506 g/mol. The zero-order valence-corrected chi connectivity index (χ0v) is 20.4. The lowest BCUT2D eigenvalue weighted by Gasteiger charge is -2.15. The molecule has 0 saturated carbocycles. The van der Waals surface area contributed by atoms with Gasteiger partial charge in [0, 0.05) is 17.7 Å². The van der Waals surface area contributed by atoms with Gasteiger partial charge in [0.15, 0.2) is 0 Å². The van der Waals surface area contributed by atoms with Crippen LogP contribution in [0.25, 0.3) is 11.1 Å². The minimum Gasteiger partial charge on any atom is -0.496 e. The average Bonchev–Trinajstić information content (AvgIpc) is 2.89. The number of alkyl halides is 3. The molecule has 4 nitrogen and oxygen atoms in total. The summed E-state index contributed by atoms with van der Waals surface area (Å²) in [7, 11) is 1.63. The third-order valence-electron chi connectivity index (χ3n) is 5.96. The Bertz CT molecular complexity index is 1360. The normalized spacial score (nSPS) is 11.2. The van der Waals surface area contributed by atoms with Crippen molar-refractivity contribution in [1.82, 2.24) is 0 Å². The summed E-state index contributed by atoms with van der Waals surface area (Å²) >= 11 is 0. The molecule has 0 spiro atoms. The van der Waals surface area contributed by atoms with Crippen molar-refractivity contribution < 1.29 is 27.4 Å². The molecule has 0 saturated heterocycles. The smallest absolute Gasteiger partial charge is 0.416 e. The lowest BCUT2D eigenvalue weighted by atomic mass is 9.94. The Hall–Kier alpha value is -4.26. The fraction of sp³-hybridized carbons (Fsp3) is 0.167. The molecule has 0 aliphatic rings. The minimum atomic E-state index is -4.42.